The van der Waals surface area contributed by atoms with Crippen LogP contribution >= 0.6 is 23.5 Å². The molecule has 15 nitrogen and oxygen atoms in total. The van der Waals surface area contributed by atoms with Gasteiger partial charge in [0.1, 0.15) is 0 Å². The van der Waals surface area contributed by atoms with Gasteiger partial charge in [0.2, 0.25) is 0 Å². The Kier molecular flexibility index (Phi) is 7.24. The predicted molar refractivity (Wildman–Crippen MR) is 103 cm³/mol. The molecule has 1 aliphatic rings. The maximum atomic E-state index is 12.1. The summed E-state index contributed by atoms with van der Waals surface area (Å²) in [6.07, 6.45) is -0.0883. The zero-order valence-corrected chi connectivity index (χ0v) is 18.8. The predicted octanol–water partition coefficient (Wildman–Crippen LogP) is 0.0565. The Hall–Kier alpha value is -1.21. The maximum absolute atomic E-state index is 12.1. The van der Waals surface area contributed by atoms with E-state index in [9.17, 15) is 38.2 Å². The molecule has 0 spiro atoms. The molecule has 1 heterocycles. The monoisotopic (exact) mass is 506 g/mol. The molecule has 1 saturated carbocycles. The van der Waals surface area contributed by atoms with Crippen LogP contribution in [0.1, 0.15) is 24.9 Å². The number of hydrogen-bond acceptors (Lipinski definition) is 9. The van der Waals surface area contributed by atoms with Crippen molar-refractivity contribution in [2.45, 2.75) is 32.4 Å². The molecule has 1 fully saturated rings. The SMILES string of the molecule is C=C1[C@@H](n2cc(C)c(=O)[nH]c2=O)C[C@H](O)[C@@]1(C)COP(=O)(O)OP(=O)(O)OP(=O)(O)O. The van der Waals surface area contributed by atoms with Crippen LogP contribution in [0.25, 0.3) is 0 Å². The summed E-state index contributed by atoms with van der Waals surface area (Å²) in [7, 11) is -16.6. The number of phosphoric acid groups is 3. The molecule has 6 N–H and O–H groups in total. The average molecular weight is 506 g/mol. The average Bonchev–Trinajstić information content (AvgIpc) is 2.78. The first-order chi connectivity index (χ1) is 13.9. The Morgan fingerprint density at radius 1 is 1.19 bits per heavy atom. The van der Waals surface area contributed by atoms with Crippen molar-refractivity contribution >= 4 is 23.5 Å². The van der Waals surface area contributed by atoms with Crippen LogP contribution in [0.3, 0.4) is 0 Å². The molecule has 0 aromatic carbocycles. The minimum Gasteiger partial charge on any atom is -0.392 e. The number of phosphoric ester groups is 1. The van der Waals surface area contributed by atoms with E-state index in [0.717, 1.165) is 4.57 Å². The summed E-state index contributed by atoms with van der Waals surface area (Å²) in [5, 5.41) is 10.5. The number of aryl methyl sites for hydroxylation is 1. The molecule has 2 rings (SSSR count). The molecule has 0 bridgehead atoms. The van der Waals surface area contributed by atoms with Gasteiger partial charge in [0, 0.05) is 17.2 Å². The van der Waals surface area contributed by atoms with E-state index in [4.69, 9.17) is 9.79 Å². The number of rotatable bonds is 8. The Balaban J connectivity index is 2.21. The van der Waals surface area contributed by atoms with Crippen LogP contribution in [0.4, 0.5) is 0 Å². The van der Waals surface area contributed by atoms with Crippen molar-refractivity contribution in [1.29, 1.82) is 0 Å². The molecule has 0 radical (unpaired) electrons. The fourth-order valence-electron chi connectivity index (χ4n) is 3.02. The summed E-state index contributed by atoms with van der Waals surface area (Å²) >= 11 is 0. The number of aliphatic hydroxyl groups is 1. The standard InChI is InChI=1S/C13H21N2O13P3/c1-7-5-15(12(18)14-11(7)17)9-4-10(16)13(3,8(9)2)6-26-30(22,23)28-31(24,25)27-29(19,20)21/h5,9-10,16H,2,4,6H2,1,3H3,(H,22,23)(H,24,25)(H,14,17,18)(H2,19,20,21)/t9-,10-,13-/m0/s1. The van der Waals surface area contributed by atoms with E-state index in [1.54, 1.807) is 0 Å². The van der Waals surface area contributed by atoms with Crippen LogP contribution in [0, 0.1) is 12.3 Å². The van der Waals surface area contributed by atoms with Crippen LogP contribution in [0.15, 0.2) is 27.9 Å². The molecule has 2 unspecified atom stereocenters. The first kappa shape index (κ1) is 26.0. The smallest absolute Gasteiger partial charge is 0.392 e. The van der Waals surface area contributed by atoms with Gasteiger partial charge in [-0.25, -0.2) is 18.5 Å². The molecular weight excluding hydrogens is 485 g/mol. The molecule has 0 saturated heterocycles. The zero-order chi connectivity index (χ0) is 24.0. The second-order valence-electron chi connectivity index (χ2n) is 7.05. The fraction of sp³-hybridized carbons (Fsp3) is 0.538. The lowest BCUT2D eigenvalue weighted by Crippen LogP contribution is -2.34. The largest absolute Gasteiger partial charge is 0.490 e. The third-order valence-electron chi connectivity index (χ3n) is 4.74. The Morgan fingerprint density at radius 3 is 2.32 bits per heavy atom. The summed E-state index contributed by atoms with van der Waals surface area (Å²) in [4.78, 5) is 61.7. The summed E-state index contributed by atoms with van der Waals surface area (Å²) in [5.74, 6) is 0. The van der Waals surface area contributed by atoms with Crippen molar-refractivity contribution < 1.29 is 51.5 Å². The van der Waals surface area contributed by atoms with Crippen molar-refractivity contribution in [3.8, 4) is 0 Å². The number of aliphatic hydroxyl groups excluding tert-OH is 1. The normalized spacial score (nSPS) is 28.3. The number of nitrogens with zero attached hydrogens (tertiary/aromatic N) is 1. The van der Waals surface area contributed by atoms with Crippen molar-refractivity contribution in [2.75, 3.05) is 6.61 Å². The molecule has 0 aliphatic heterocycles. The van der Waals surface area contributed by atoms with Gasteiger partial charge in [-0.1, -0.05) is 13.5 Å². The van der Waals surface area contributed by atoms with Crippen LogP contribution < -0.4 is 11.2 Å². The molecule has 1 aromatic heterocycles. The molecule has 18 heteroatoms. The topological polar surface area (TPSA) is 235 Å². The highest BCUT2D eigenvalue weighted by atomic mass is 31.3. The van der Waals surface area contributed by atoms with E-state index in [0.29, 0.717) is 0 Å². The highest BCUT2D eigenvalue weighted by Crippen LogP contribution is 2.66. The van der Waals surface area contributed by atoms with Crippen LogP contribution in [-0.2, 0) is 26.8 Å². The minimum atomic E-state index is -5.69. The Bertz CT molecular complexity index is 1140. The summed E-state index contributed by atoms with van der Waals surface area (Å²) < 4.78 is 47.0. The van der Waals surface area contributed by atoms with Crippen LogP contribution in [0.2, 0.25) is 0 Å². The maximum Gasteiger partial charge on any atom is 0.490 e. The zero-order valence-electron chi connectivity index (χ0n) is 16.1. The van der Waals surface area contributed by atoms with E-state index >= 15 is 0 Å². The second-order valence-corrected chi connectivity index (χ2v) is 11.5. The highest BCUT2D eigenvalue weighted by molar-refractivity contribution is 7.66. The summed E-state index contributed by atoms with van der Waals surface area (Å²) in [5.41, 5.74) is -2.44. The Morgan fingerprint density at radius 2 is 1.77 bits per heavy atom. The number of aromatic amines is 1. The number of nitrogens with one attached hydrogen (secondary N) is 1. The molecule has 1 aliphatic carbocycles. The van der Waals surface area contributed by atoms with Gasteiger partial charge in [-0.3, -0.25) is 18.9 Å². The van der Waals surface area contributed by atoms with Gasteiger partial charge in [0.25, 0.3) is 5.56 Å². The van der Waals surface area contributed by atoms with Gasteiger partial charge in [-0.2, -0.15) is 8.62 Å². The van der Waals surface area contributed by atoms with Gasteiger partial charge in [0.05, 0.1) is 18.8 Å². The quantitative estimate of drug-likeness (QED) is 0.202. The van der Waals surface area contributed by atoms with Crippen molar-refractivity contribution in [1.82, 2.24) is 9.55 Å². The first-order valence-corrected chi connectivity index (χ1v) is 12.9. The van der Waals surface area contributed by atoms with Crippen molar-refractivity contribution in [3.05, 3.63) is 44.8 Å². The minimum absolute atomic E-state index is 0.0829. The lowest BCUT2D eigenvalue weighted by molar-refractivity contribution is 0.0368. The van der Waals surface area contributed by atoms with E-state index in [2.05, 4.69) is 24.7 Å². The molecular formula is C13H21N2O13P3. The van der Waals surface area contributed by atoms with Gasteiger partial charge in [-0.15, -0.1) is 0 Å². The van der Waals surface area contributed by atoms with E-state index in [1.807, 2.05) is 0 Å². The number of hydrogen-bond donors (Lipinski definition) is 6. The molecule has 176 valence electrons. The number of aromatic nitrogens is 2. The van der Waals surface area contributed by atoms with E-state index in [1.165, 1.54) is 20.0 Å². The third kappa shape index (κ3) is 6.19. The highest BCUT2D eigenvalue weighted by Gasteiger charge is 2.50. The van der Waals surface area contributed by atoms with Gasteiger partial charge < -0.3 is 24.7 Å². The lowest BCUT2D eigenvalue weighted by Gasteiger charge is -2.30. The first-order valence-electron chi connectivity index (χ1n) is 8.35. The van der Waals surface area contributed by atoms with Crippen LogP contribution in [-0.4, -0.2) is 46.9 Å². The van der Waals surface area contributed by atoms with E-state index < -0.39 is 58.9 Å². The van der Waals surface area contributed by atoms with Gasteiger partial charge >= 0.3 is 29.2 Å². The molecule has 1 aromatic rings. The molecule has 31 heavy (non-hydrogen) atoms. The van der Waals surface area contributed by atoms with Gasteiger partial charge in [0.15, 0.2) is 0 Å². The van der Waals surface area contributed by atoms with Gasteiger partial charge in [-0.05, 0) is 18.9 Å². The van der Waals surface area contributed by atoms with E-state index in [-0.39, 0.29) is 17.6 Å². The lowest BCUT2D eigenvalue weighted by atomic mass is 9.84. The number of H-pyrrole nitrogens is 1. The van der Waals surface area contributed by atoms with Crippen molar-refractivity contribution in [3.63, 3.8) is 0 Å². The third-order valence-corrected chi connectivity index (χ3v) is 8.53. The second kappa shape index (κ2) is 8.62. The van der Waals surface area contributed by atoms with Crippen molar-refractivity contribution in [2.24, 2.45) is 5.41 Å². The molecule has 0 amide bonds. The van der Waals surface area contributed by atoms with Crippen LogP contribution in [0.5, 0.6) is 0 Å². The molecule has 5 atom stereocenters. The Labute approximate surface area is 174 Å². The fourth-order valence-corrected chi connectivity index (χ4v) is 6.14. The summed E-state index contributed by atoms with van der Waals surface area (Å²) in [6.45, 7) is 5.82. The summed E-state index contributed by atoms with van der Waals surface area (Å²) in [6, 6.07) is -0.826.